The van der Waals surface area contributed by atoms with Gasteiger partial charge in [0, 0.05) is 6.04 Å². The SMILES string of the molecule is CNCc1oc(COc2cnn(C(C)C)c2)cc1C. The summed E-state index contributed by atoms with van der Waals surface area (Å²) in [5, 5.41) is 7.31. The van der Waals surface area contributed by atoms with Gasteiger partial charge in [-0.15, -0.1) is 0 Å². The van der Waals surface area contributed by atoms with Gasteiger partial charge in [0.25, 0.3) is 0 Å². The summed E-state index contributed by atoms with van der Waals surface area (Å²) in [5.41, 5.74) is 1.14. The Morgan fingerprint density at radius 2 is 2.26 bits per heavy atom. The van der Waals surface area contributed by atoms with E-state index in [2.05, 4.69) is 24.3 Å². The summed E-state index contributed by atoms with van der Waals surface area (Å²) < 4.78 is 13.3. The maximum Gasteiger partial charge on any atom is 0.157 e. The third-order valence-corrected chi connectivity index (χ3v) is 2.90. The summed E-state index contributed by atoms with van der Waals surface area (Å²) in [6.07, 6.45) is 3.62. The quantitative estimate of drug-likeness (QED) is 0.870. The second-order valence-corrected chi connectivity index (χ2v) is 4.89. The van der Waals surface area contributed by atoms with Gasteiger partial charge in [0.1, 0.15) is 18.1 Å². The molecular formula is C14H21N3O2. The van der Waals surface area contributed by atoms with Gasteiger partial charge in [-0.05, 0) is 39.4 Å². The van der Waals surface area contributed by atoms with Crippen molar-refractivity contribution in [1.82, 2.24) is 15.1 Å². The number of rotatable bonds is 6. The molecule has 2 aromatic heterocycles. The molecule has 0 radical (unpaired) electrons. The minimum Gasteiger partial charge on any atom is -0.482 e. The number of ether oxygens (including phenoxy) is 1. The van der Waals surface area contributed by atoms with Crippen molar-refractivity contribution in [3.8, 4) is 5.75 Å². The van der Waals surface area contributed by atoms with Gasteiger partial charge in [-0.25, -0.2) is 0 Å². The summed E-state index contributed by atoms with van der Waals surface area (Å²) in [5.74, 6) is 2.55. The largest absolute Gasteiger partial charge is 0.482 e. The van der Waals surface area contributed by atoms with Crippen LogP contribution in [0.4, 0.5) is 0 Å². The van der Waals surface area contributed by atoms with Crippen LogP contribution in [0.3, 0.4) is 0 Å². The van der Waals surface area contributed by atoms with E-state index in [-0.39, 0.29) is 0 Å². The summed E-state index contributed by atoms with van der Waals surface area (Å²) in [6, 6.07) is 2.35. The van der Waals surface area contributed by atoms with Crippen LogP contribution >= 0.6 is 0 Å². The second kappa shape index (κ2) is 5.93. The third-order valence-electron chi connectivity index (χ3n) is 2.90. The van der Waals surface area contributed by atoms with E-state index in [1.807, 2.05) is 30.9 Å². The van der Waals surface area contributed by atoms with Gasteiger partial charge in [0.2, 0.25) is 0 Å². The van der Waals surface area contributed by atoms with Gasteiger partial charge >= 0.3 is 0 Å². The zero-order valence-electron chi connectivity index (χ0n) is 11.9. The van der Waals surface area contributed by atoms with Crippen molar-refractivity contribution in [2.24, 2.45) is 0 Å². The van der Waals surface area contributed by atoms with E-state index in [9.17, 15) is 0 Å². The van der Waals surface area contributed by atoms with Crippen LogP contribution in [0, 0.1) is 6.92 Å². The number of aryl methyl sites for hydroxylation is 1. The first-order valence-electron chi connectivity index (χ1n) is 6.50. The van der Waals surface area contributed by atoms with E-state index in [1.54, 1.807) is 6.20 Å². The molecule has 2 heterocycles. The first-order chi connectivity index (χ1) is 9.10. The minimum absolute atomic E-state index is 0.338. The molecule has 0 amide bonds. The Morgan fingerprint density at radius 3 is 2.89 bits per heavy atom. The smallest absolute Gasteiger partial charge is 0.157 e. The van der Waals surface area contributed by atoms with Crippen LogP contribution in [0.1, 0.15) is 37.0 Å². The fourth-order valence-electron chi connectivity index (χ4n) is 1.83. The van der Waals surface area contributed by atoms with Crippen molar-refractivity contribution in [2.45, 2.75) is 40.0 Å². The average Bonchev–Trinajstić information content (AvgIpc) is 2.95. The van der Waals surface area contributed by atoms with Crippen LogP contribution in [-0.2, 0) is 13.2 Å². The van der Waals surface area contributed by atoms with Crippen LogP contribution in [0.5, 0.6) is 5.75 Å². The van der Waals surface area contributed by atoms with Gasteiger partial charge in [-0.2, -0.15) is 5.10 Å². The molecule has 5 nitrogen and oxygen atoms in total. The number of hydrogen-bond donors (Lipinski definition) is 1. The molecule has 0 unspecified atom stereocenters. The van der Waals surface area contributed by atoms with Gasteiger partial charge in [-0.3, -0.25) is 4.68 Å². The Kier molecular flexibility index (Phi) is 4.27. The maximum absolute atomic E-state index is 5.72. The molecule has 0 atom stereocenters. The van der Waals surface area contributed by atoms with Crippen molar-refractivity contribution in [3.05, 3.63) is 35.5 Å². The lowest BCUT2D eigenvalue weighted by Gasteiger charge is -2.03. The third kappa shape index (κ3) is 3.38. The summed E-state index contributed by atoms with van der Waals surface area (Å²) in [6.45, 7) is 7.36. The van der Waals surface area contributed by atoms with Gasteiger partial charge in [0.05, 0.1) is 18.9 Å². The maximum atomic E-state index is 5.72. The number of nitrogens with zero attached hydrogens (tertiary/aromatic N) is 2. The molecule has 0 aliphatic rings. The highest BCUT2D eigenvalue weighted by atomic mass is 16.5. The normalized spacial score (nSPS) is 11.2. The molecule has 1 N–H and O–H groups in total. The minimum atomic E-state index is 0.338. The highest BCUT2D eigenvalue weighted by Crippen LogP contribution is 2.18. The Labute approximate surface area is 113 Å². The highest BCUT2D eigenvalue weighted by Gasteiger charge is 2.08. The Bertz CT molecular complexity index is 529. The molecule has 0 aliphatic carbocycles. The molecule has 2 aromatic rings. The number of nitrogens with one attached hydrogen (secondary N) is 1. The van der Waals surface area contributed by atoms with E-state index < -0.39 is 0 Å². The summed E-state index contributed by atoms with van der Waals surface area (Å²) in [4.78, 5) is 0. The second-order valence-electron chi connectivity index (χ2n) is 4.89. The lowest BCUT2D eigenvalue weighted by atomic mass is 10.2. The molecular weight excluding hydrogens is 242 g/mol. The lowest BCUT2D eigenvalue weighted by Crippen LogP contribution is -2.04. The lowest BCUT2D eigenvalue weighted by molar-refractivity contribution is 0.265. The molecule has 19 heavy (non-hydrogen) atoms. The molecule has 2 rings (SSSR count). The van der Waals surface area contributed by atoms with Crippen molar-refractivity contribution >= 4 is 0 Å². The average molecular weight is 263 g/mol. The predicted octanol–water partition coefficient (Wildman–Crippen LogP) is 2.66. The summed E-state index contributed by atoms with van der Waals surface area (Å²) >= 11 is 0. The molecule has 5 heteroatoms. The van der Waals surface area contributed by atoms with Crippen molar-refractivity contribution in [1.29, 1.82) is 0 Å². The predicted molar refractivity (Wildman–Crippen MR) is 73.2 cm³/mol. The standard InChI is InChI=1S/C14H21N3O2/c1-10(2)17-8-13(6-16-17)18-9-12-5-11(3)14(19-12)7-15-4/h5-6,8,10,15H,7,9H2,1-4H3. The highest BCUT2D eigenvalue weighted by molar-refractivity contribution is 5.20. The van der Waals surface area contributed by atoms with E-state index in [1.165, 1.54) is 0 Å². The molecule has 0 aromatic carbocycles. The zero-order chi connectivity index (χ0) is 13.8. The molecule has 0 bridgehead atoms. The molecule has 0 fully saturated rings. The molecule has 0 saturated heterocycles. The first-order valence-corrected chi connectivity index (χ1v) is 6.50. The van der Waals surface area contributed by atoms with E-state index in [4.69, 9.17) is 9.15 Å². The fraction of sp³-hybridized carbons (Fsp3) is 0.500. The fourth-order valence-corrected chi connectivity index (χ4v) is 1.83. The Morgan fingerprint density at radius 1 is 1.47 bits per heavy atom. The van der Waals surface area contributed by atoms with Crippen LogP contribution in [0.15, 0.2) is 22.9 Å². The number of aromatic nitrogens is 2. The van der Waals surface area contributed by atoms with Crippen LogP contribution in [0.25, 0.3) is 0 Å². The van der Waals surface area contributed by atoms with E-state index >= 15 is 0 Å². The topological polar surface area (TPSA) is 52.2 Å². The van der Waals surface area contributed by atoms with Gasteiger partial charge in [-0.1, -0.05) is 0 Å². The van der Waals surface area contributed by atoms with Gasteiger partial charge in [0.15, 0.2) is 5.75 Å². The molecule has 0 saturated carbocycles. The summed E-state index contributed by atoms with van der Waals surface area (Å²) in [7, 11) is 1.90. The van der Waals surface area contributed by atoms with Crippen LogP contribution < -0.4 is 10.1 Å². The number of hydrogen-bond acceptors (Lipinski definition) is 4. The van der Waals surface area contributed by atoms with Crippen LogP contribution in [-0.4, -0.2) is 16.8 Å². The molecule has 0 spiro atoms. The first kappa shape index (κ1) is 13.7. The number of furan rings is 1. The van der Waals surface area contributed by atoms with Crippen molar-refractivity contribution in [2.75, 3.05) is 7.05 Å². The van der Waals surface area contributed by atoms with Crippen molar-refractivity contribution in [3.63, 3.8) is 0 Å². The van der Waals surface area contributed by atoms with E-state index in [0.717, 1.165) is 29.4 Å². The van der Waals surface area contributed by atoms with Gasteiger partial charge < -0.3 is 14.5 Å². The molecule has 104 valence electrons. The van der Waals surface area contributed by atoms with Crippen molar-refractivity contribution < 1.29 is 9.15 Å². The monoisotopic (exact) mass is 263 g/mol. The van der Waals surface area contributed by atoms with E-state index in [0.29, 0.717) is 12.6 Å². The van der Waals surface area contributed by atoms with Crippen LogP contribution in [0.2, 0.25) is 0 Å². The molecule has 0 aliphatic heterocycles. The Hall–Kier alpha value is -1.75. The Balaban J connectivity index is 1.96. The zero-order valence-corrected chi connectivity index (χ0v) is 11.9.